The van der Waals surface area contributed by atoms with E-state index in [1.54, 1.807) is 0 Å². The van der Waals surface area contributed by atoms with E-state index in [9.17, 15) is 0 Å². The number of anilines is 1. The van der Waals surface area contributed by atoms with Crippen LogP contribution in [0.1, 0.15) is 18.2 Å². The van der Waals surface area contributed by atoms with Crippen LogP contribution in [0.4, 0.5) is 5.82 Å². The smallest absolute Gasteiger partial charge is 0.161 e. The molecule has 0 amide bonds. The Balaban J connectivity index is 2.54. The Kier molecular flexibility index (Phi) is 4.16. The number of hydrogen-bond donors (Lipinski definition) is 1. The molecule has 0 saturated heterocycles. The summed E-state index contributed by atoms with van der Waals surface area (Å²) < 4.78 is 1.11. The first-order chi connectivity index (χ1) is 8.65. The van der Waals surface area contributed by atoms with Gasteiger partial charge in [0, 0.05) is 12.6 Å². The highest BCUT2D eigenvalue weighted by Crippen LogP contribution is 2.24. The summed E-state index contributed by atoms with van der Waals surface area (Å²) in [7, 11) is 1.89. The fourth-order valence-electron chi connectivity index (χ4n) is 1.73. The summed E-state index contributed by atoms with van der Waals surface area (Å²) in [6.07, 6.45) is 0.911. The lowest BCUT2D eigenvalue weighted by molar-refractivity contribution is 0.990. The predicted octanol–water partition coefficient (Wildman–Crippen LogP) is 3.66. The van der Waals surface area contributed by atoms with Crippen molar-refractivity contribution >= 4 is 28.4 Å². The molecular weight excluding hydrogens is 337 g/mol. The van der Waals surface area contributed by atoms with Gasteiger partial charge in [0.2, 0.25) is 0 Å². The van der Waals surface area contributed by atoms with Crippen LogP contribution >= 0.6 is 22.6 Å². The summed E-state index contributed by atoms with van der Waals surface area (Å²) in [5, 5.41) is 3.13. The number of rotatable bonds is 3. The number of hydrogen-bond acceptors (Lipinski definition) is 3. The third kappa shape index (κ3) is 2.63. The normalized spacial score (nSPS) is 10.4. The van der Waals surface area contributed by atoms with Crippen molar-refractivity contribution in [2.45, 2.75) is 20.3 Å². The Morgan fingerprint density at radius 1 is 1.17 bits per heavy atom. The molecule has 0 fully saturated rings. The molecule has 0 radical (unpaired) electrons. The predicted molar refractivity (Wildman–Crippen MR) is 83.8 cm³/mol. The molecule has 2 aromatic rings. The number of aromatic nitrogens is 2. The summed E-state index contributed by atoms with van der Waals surface area (Å²) in [6, 6.07) is 8.30. The Bertz CT molecular complexity index is 524. The standard InChI is InChI=1S/C14H16IN3/c1-4-11-12(15)14(16-3)18-13(17-11)10-7-5-9(2)6-8-10/h5-8H,4H2,1-3H3,(H,16,17,18). The zero-order chi connectivity index (χ0) is 13.1. The van der Waals surface area contributed by atoms with E-state index >= 15 is 0 Å². The average Bonchev–Trinajstić information content (AvgIpc) is 2.40. The zero-order valence-electron chi connectivity index (χ0n) is 10.8. The van der Waals surface area contributed by atoms with Crippen molar-refractivity contribution in [1.82, 2.24) is 9.97 Å². The van der Waals surface area contributed by atoms with Crippen molar-refractivity contribution in [2.24, 2.45) is 0 Å². The molecule has 3 nitrogen and oxygen atoms in total. The zero-order valence-corrected chi connectivity index (χ0v) is 12.9. The van der Waals surface area contributed by atoms with Gasteiger partial charge in [0.05, 0.1) is 9.26 Å². The molecular formula is C14H16IN3. The van der Waals surface area contributed by atoms with E-state index in [2.05, 4.69) is 76.0 Å². The van der Waals surface area contributed by atoms with Gasteiger partial charge in [-0.1, -0.05) is 36.8 Å². The van der Waals surface area contributed by atoms with Gasteiger partial charge >= 0.3 is 0 Å². The summed E-state index contributed by atoms with van der Waals surface area (Å²) in [6.45, 7) is 4.19. The molecule has 0 aliphatic rings. The molecule has 0 aliphatic heterocycles. The van der Waals surface area contributed by atoms with Crippen LogP contribution in [0, 0.1) is 10.5 Å². The molecule has 18 heavy (non-hydrogen) atoms. The Hall–Kier alpha value is -1.17. The molecule has 1 heterocycles. The van der Waals surface area contributed by atoms with Gasteiger partial charge in [-0.05, 0) is 35.9 Å². The van der Waals surface area contributed by atoms with Gasteiger partial charge in [0.1, 0.15) is 5.82 Å². The van der Waals surface area contributed by atoms with E-state index in [0.29, 0.717) is 0 Å². The van der Waals surface area contributed by atoms with Crippen LogP contribution in [0.3, 0.4) is 0 Å². The van der Waals surface area contributed by atoms with Gasteiger partial charge in [0.25, 0.3) is 0 Å². The molecule has 1 N–H and O–H groups in total. The van der Waals surface area contributed by atoms with Crippen molar-refractivity contribution in [3.8, 4) is 11.4 Å². The van der Waals surface area contributed by atoms with Gasteiger partial charge in [0.15, 0.2) is 5.82 Å². The van der Waals surface area contributed by atoms with Crippen LogP contribution in [0.2, 0.25) is 0 Å². The van der Waals surface area contributed by atoms with Gasteiger partial charge in [-0.2, -0.15) is 0 Å². The first kappa shape index (κ1) is 13.3. The molecule has 2 rings (SSSR count). The highest BCUT2D eigenvalue weighted by atomic mass is 127. The van der Waals surface area contributed by atoms with Gasteiger partial charge in [-0.15, -0.1) is 0 Å². The number of halogens is 1. The molecule has 1 aromatic carbocycles. The molecule has 0 unspecified atom stereocenters. The fraction of sp³-hybridized carbons (Fsp3) is 0.286. The minimum atomic E-state index is 0.789. The van der Waals surface area contributed by atoms with Crippen molar-refractivity contribution in [3.05, 3.63) is 39.1 Å². The van der Waals surface area contributed by atoms with Gasteiger partial charge in [-0.25, -0.2) is 9.97 Å². The van der Waals surface area contributed by atoms with Gasteiger partial charge < -0.3 is 5.32 Å². The van der Waals surface area contributed by atoms with E-state index in [0.717, 1.165) is 32.9 Å². The lowest BCUT2D eigenvalue weighted by Gasteiger charge is -2.10. The van der Waals surface area contributed by atoms with Crippen LogP contribution < -0.4 is 5.32 Å². The summed E-state index contributed by atoms with van der Waals surface area (Å²) >= 11 is 2.29. The highest BCUT2D eigenvalue weighted by Gasteiger charge is 2.11. The molecule has 1 aromatic heterocycles. The third-order valence-corrected chi connectivity index (χ3v) is 3.93. The molecule has 0 bridgehead atoms. The summed E-state index contributed by atoms with van der Waals surface area (Å²) in [4.78, 5) is 9.21. The quantitative estimate of drug-likeness (QED) is 0.856. The second-order valence-electron chi connectivity index (χ2n) is 4.13. The number of aryl methyl sites for hydroxylation is 2. The molecule has 4 heteroatoms. The molecule has 0 aliphatic carbocycles. The monoisotopic (exact) mass is 353 g/mol. The largest absolute Gasteiger partial charge is 0.372 e. The lowest BCUT2D eigenvalue weighted by Crippen LogP contribution is -2.04. The lowest BCUT2D eigenvalue weighted by atomic mass is 10.1. The Morgan fingerprint density at radius 2 is 1.83 bits per heavy atom. The molecule has 0 spiro atoms. The van der Waals surface area contributed by atoms with Crippen LogP contribution in [0.5, 0.6) is 0 Å². The molecule has 0 atom stereocenters. The van der Waals surface area contributed by atoms with Crippen LogP contribution in [-0.2, 0) is 6.42 Å². The Morgan fingerprint density at radius 3 is 2.39 bits per heavy atom. The topological polar surface area (TPSA) is 37.8 Å². The summed E-state index contributed by atoms with van der Waals surface area (Å²) in [5.74, 6) is 1.69. The van der Waals surface area contributed by atoms with Gasteiger partial charge in [-0.3, -0.25) is 0 Å². The highest BCUT2D eigenvalue weighted by molar-refractivity contribution is 14.1. The van der Waals surface area contributed by atoms with Crippen LogP contribution in [0.15, 0.2) is 24.3 Å². The number of nitrogens with one attached hydrogen (secondary N) is 1. The first-order valence-electron chi connectivity index (χ1n) is 5.97. The van der Waals surface area contributed by atoms with Crippen molar-refractivity contribution < 1.29 is 0 Å². The number of benzene rings is 1. The third-order valence-electron chi connectivity index (χ3n) is 2.80. The minimum absolute atomic E-state index is 0.789. The Labute approximate surface area is 121 Å². The fourth-order valence-corrected chi connectivity index (χ4v) is 2.62. The average molecular weight is 353 g/mol. The summed E-state index contributed by atoms with van der Waals surface area (Å²) in [5.41, 5.74) is 3.39. The number of nitrogens with zero attached hydrogens (tertiary/aromatic N) is 2. The van der Waals surface area contributed by atoms with E-state index in [1.165, 1.54) is 5.56 Å². The maximum atomic E-state index is 4.64. The van der Waals surface area contributed by atoms with Crippen molar-refractivity contribution in [2.75, 3.05) is 12.4 Å². The van der Waals surface area contributed by atoms with E-state index in [4.69, 9.17) is 0 Å². The van der Waals surface area contributed by atoms with Crippen molar-refractivity contribution in [1.29, 1.82) is 0 Å². The maximum Gasteiger partial charge on any atom is 0.161 e. The van der Waals surface area contributed by atoms with E-state index in [1.807, 2.05) is 7.05 Å². The second-order valence-corrected chi connectivity index (χ2v) is 5.20. The molecule has 94 valence electrons. The van der Waals surface area contributed by atoms with Crippen molar-refractivity contribution in [3.63, 3.8) is 0 Å². The first-order valence-corrected chi connectivity index (χ1v) is 7.04. The SMILES string of the molecule is CCc1nc(-c2ccc(C)cc2)nc(NC)c1I. The van der Waals surface area contributed by atoms with E-state index < -0.39 is 0 Å². The minimum Gasteiger partial charge on any atom is -0.372 e. The maximum absolute atomic E-state index is 4.64. The van der Waals surface area contributed by atoms with Crippen LogP contribution in [-0.4, -0.2) is 17.0 Å². The van der Waals surface area contributed by atoms with E-state index in [-0.39, 0.29) is 0 Å². The second kappa shape index (κ2) is 5.65. The van der Waals surface area contributed by atoms with Crippen LogP contribution in [0.25, 0.3) is 11.4 Å². The molecule has 0 saturated carbocycles.